The second-order valence-corrected chi connectivity index (χ2v) is 5.34. The van der Waals surface area contributed by atoms with E-state index in [1.54, 1.807) is 0 Å². The van der Waals surface area contributed by atoms with Gasteiger partial charge in [0.05, 0.1) is 0 Å². The SMILES string of the molecule is CC(C)CCCC(CO)CCC(C)C. The Morgan fingerprint density at radius 2 is 1.36 bits per heavy atom. The third-order valence-corrected chi connectivity index (χ3v) is 2.80. The molecule has 0 spiro atoms. The molecule has 0 aliphatic heterocycles. The van der Waals surface area contributed by atoms with Gasteiger partial charge in [0.1, 0.15) is 0 Å². The van der Waals surface area contributed by atoms with Crippen LogP contribution in [0.3, 0.4) is 0 Å². The van der Waals surface area contributed by atoms with Gasteiger partial charge in [0.15, 0.2) is 0 Å². The molecular formula is C13H28O. The minimum atomic E-state index is 0.380. The summed E-state index contributed by atoms with van der Waals surface area (Å²) in [4.78, 5) is 0. The molecule has 0 amide bonds. The maximum Gasteiger partial charge on any atom is 0.0459 e. The van der Waals surface area contributed by atoms with E-state index in [4.69, 9.17) is 0 Å². The van der Waals surface area contributed by atoms with Crippen molar-refractivity contribution in [2.75, 3.05) is 6.61 Å². The van der Waals surface area contributed by atoms with Crippen LogP contribution >= 0.6 is 0 Å². The van der Waals surface area contributed by atoms with Gasteiger partial charge in [-0.15, -0.1) is 0 Å². The molecule has 0 bridgehead atoms. The van der Waals surface area contributed by atoms with E-state index in [1.165, 1.54) is 32.1 Å². The Hall–Kier alpha value is -0.0400. The molecule has 0 heterocycles. The zero-order chi connectivity index (χ0) is 11.0. The van der Waals surface area contributed by atoms with Crippen LogP contribution in [-0.2, 0) is 0 Å². The van der Waals surface area contributed by atoms with Crippen molar-refractivity contribution in [2.24, 2.45) is 17.8 Å². The first-order chi connectivity index (χ1) is 6.56. The van der Waals surface area contributed by atoms with Crippen LogP contribution in [0.1, 0.15) is 59.8 Å². The first-order valence-electron chi connectivity index (χ1n) is 6.17. The van der Waals surface area contributed by atoms with E-state index in [9.17, 15) is 5.11 Å². The van der Waals surface area contributed by atoms with Crippen LogP contribution < -0.4 is 0 Å². The van der Waals surface area contributed by atoms with Crippen molar-refractivity contribution >= 4 is 0 Å². The zero-order valence-corrected chi connectivity index (χ0v) is 10.4. The van der Waals surface area contributed by atoms with Gasteiger partial charge in [-0.05, 0) is 30.6 Å². The molecule has 0 aromatic rings. The van der Waals surface area contributed by atoms with Crippen molar-refractivity contribution in [1.82, 2.24) is 0 Å². The summed E-state index contributed by atoms with van der Waals surface area (Å²) in [5.74, 6) is 2.13. The summed E-state index contributed by atoms with van der Waals surface area (Å²) in [6.07, 6.45) is 6.25. The van der Waals surface area contributed by atoms with Crippen LogP contribution in [0.2, 0.25) is 0 Å². The minimum absolute atomic E-state index is 0.380. The molecule has 86 valence electrons. The molecule has 0 rings (SSSR count). The van der Waals surface area contributed by atoms with Crippen LogP contribution in [0.25, 0.3) is 0 Å². The van der Waals surface area contributed by atoms with Crippen LogP contribution in [0.5, 0.6) is 0 Å². The van der Waals surface area contributed by atoms with Gasteiger partial charge in [-0.2, -0.15) is 0 Å². The van der Waals surface area contributed by atoms with E-state index < -0.39 is 0 Å². The smallest absolute Gasteiger partial charge is 0.0459 e. The predicted molar refractivity (Wildman–Crippen MR) is 63.3 cm³/mol. The van der Waals surface area contributed by atoms with Gasteiger partial charge in [0.25, 0.3) is 0 Å². The van der Waals surface area contributed by atoms with Crippen LogP contribution in [0.15, 0.2) is 0 Å². The van der Waals surface area contributed by atoms with E-state index in [1.807, 2.05) is 0 Å². The van der Waals surface area contributed by atoms with Gasteiger partial charge in [-0.1, -0.05) is 47.0 Å². The van der Waals surface area contributed by atoms with Crippen molar-refractivity contribution in [3.8, 4) is 0 Å². The number of hydrogen-bond acceptors (Lipinski definition) is 1. The Bertz CT molecular complexity index is 118. The highest BCUT2D eigenvalue weighted by Crippen LogP contribution is 2.19. The summed E-state index contributed by atoms with van der Waals surface area (Å²) in [6, 6.07) is 0. The molecule has 1 N–H and O–H groups in total. The third-order valence-electron chi connectivity index (χ3n) is 2.80. The maximum absolute atomic E-state index is 9.20. The molecular weight excluding hydrogens is 172 g/mol. The Morgan fingerprint density at radius 1 is 0.786 bits per heavy atom. The number of aliphatic hydroxyl groups is 1. The lowest BCUT2D eigenvalue weighted by molar-refractivity contribution is 0.200. The summed E-state index contributed by atoms with van der Waals surface area (Å²) < 4.78 is 0. The average molecular weight is 200 g/mol. The molecule has 1 nitrogen and oxygen atoms in total. The second kappa shape index (κ2) is 8.28. The molecule has 0 aliphatic carbocycles. The summed E-state index contributed by atoms with van der Waals surface area (Å²) in [5.41, 5.74) is 0. The Kier molecular flexibility index (Phi) is 8.26. The fourth-order valence-electron chi connectivity index (χ4n) is 1.71. The average Bonchev–Trinajstić information content (AvgIpc) is 2.10. The highest BCUT2D eigenvalue weighted by atomic mass is 16.3. The Labute approximate surface area is 89.9 Å². The summed E-state index contributed by atoms with van der Waals surface area (Å²) in [7, 11) is 0. The Morgan fingerprint density at radius 3 is 1.79 bits per heavy atom. The molecule has 0 aliphatic rings. The maximum atomic E-state index is 9.20. The molecule has 0 aromatic heterocycles. The lowest BCUT2D eigenvalue weighted by atomic mass is 9.92. The Balaban J connectivity index is 3.48. The fraction of sp³-hybridized carbons (Fsp3) is 1.00. The molecule has 0 saturated carbocycles. The minimum Gasteiger partial charge on any atom is -0.396 e. The van der Waals surface area contributed by atoms with Gasteiger partial charge in [0.2, 0.25) is 0 Å². The van der Waals surface area contributed by atoms with Gasteiger partial charge in [0, 0.05) is 6.61 Å². The normalized spacial score (nSPS) is 13.9. The molecule has 0 radical (unpaired) electrons. The monoisotopic (exact) mass is 200 g/mol. The number of aliphatic hydroxyl groups excluding tert-OH is 1. The van der Waals surface area contributed by atoms with Crippen LogP contribution in [-0.4, -0.2) is 11.7 Å². The molecule has 0 aromatic carbocycles. The summed E-state index contributed by atoms with van der Waals surface area (Å²) in [6.45, 7) is 9.42. The van der Waals surface area contributed by atoms with E-state index in [2.05, 4.69) is 27.7 Å². The number of rotatable bonds is 8. The predicted octanol–water partition coefficient (Wildman–Crippen LogP) is 3.86. The lowest BCUT2D eigenvalue weighted by Gasteiger charge is -2.15. The van der Waals surface area contributed by atoms with Gasteiger partial charge in [-0.3, -0.25) is 0 Å². The van der Waals surface area contributed by atoms with Crippen molar-refractivity contribution < 1.29 is 5.11 Å². The summed E-state index contributed by atoms with van der Waals surface area (Å²) in [5, 5.41) is 9.20. The first kappa shape index (κ1) is 14.0. The molecule has 0 saturated heterocycles. The molecule has 1 unspecified atom stereocenters. The first-order valence-corrected chi connectivity index (χ1v) is 6.17. The van der Waals surface area contributed by atoms with Crippen LogP contribution in [0, 0.1) is 17.8 Å². The standard InChI is InChI=1S/C13H28O/c1-11(2)6-5-7-13(10-14)9-8-12(3)4/h11-14H,5-10H2,1-4H3. The van der Waals surface area contributed by atoms with Gasteiger partial charge >= 0.3 is 0 Å². The second-order valence-electron chi connectivity index (χ2n) is 5.34. The largest absolute Gasteiger partial charge is 0.396 e. The van der Waals surface area contributed by atoms with Crippen LogP contribution in [0.4, 0.5) is 0 Å². The molecule has 1 heteroatoms. The van der Waals surface area contributed by atoms with Crippen molar-refractivity contribution in [3.05, 3.63) is 0 Å². The molecule has 0 fully saturated rings. The van der Waals surface area contributed by atoms with E-state index in [0.717, 1.165) is 11.8 Å². The molecule has 14 heavy (non-hydrogen) atoms. The van der Waals surface area contributed by atoms with Crippen molar-refractivity contribution in [2.45, 2.75) is 59.8 Å². The van der Waals surface area contributed by atoms with E-state index in [0.29, 0.717) is 12.5 Å². The van der Waals surface area contributed by atoms with Gasteiger partial charge in [-0.25, -0.2) is 0 Å². The van der Waals surface area contributed by atoms with Gasteiger partial charge < -0.3 is 5.11 Å². The van der Waals surface area contributed by atoms with Crippen molar-refractivity contribution in [3.63, 3.8) is 0 Å². The van der Waals surface area contributed by atoms with E-state index >= 15 is 0 Å². The number of hydrogen-bond donors (Lipinski definition) is 1. The fourth-order valence-corrected chi connectivity index (χ4v) is 1.71. The van der Waals surface area contributed by atoms with Crippen molar-refractivity contribution in [1.29, 1.82) is 0 Å². The third kappa shape index (κ3) is 8.55. The highest BCUT2D eigenvalue weighted by Gasteiger charge is 2.08. The summed E-state index contributed by atoms with van der Waals surface area (Å²) >= 11 is 0. The topological polar surface area (TPSA) is 20.2 Å². The molecule has 1 atom stereocenters. The van der Waals surface area contributed by atoms with E-state index in [-0.39, 0.29) is 0 Å². The quantitative estimate of drug-likeness (QED) is 0.631. The zero-order valence-electron chi connectivity index (χ0n) is 10.4. The lowest BCUT2D eigenvalue weighted by Crippen LogP contribution is -2.08. The highest BCUT2D eigenvalue weighted by molar-refractivity contribution is 4.60.